The van der Waals surface area contributed by atoms with Crippen LogP contribution in [-0.2, 0) is 30.8 Å². The van der Waals surface area contributed by atoms with E-state index in [2.05, 4.69) is 4.72 Å². The summed E-state index contributed by atoms with van der Waals surface area (Å²) in [7, 11) is -3.77. The standard InChI is InChI=1S/C17H22N2O7S/c1-2-7-25-16(20)11-19-14-6-5-13(9-15(14)26-17(19)21)27(22,23)18-10-12-4-3-8-24-12/h5-6,9,12,18H,2-4,7-8,10-11H2,1H3. The zero-order chi connectivity index (χ0) is 19.4. The maximum atomic E-state index is 12.5. The number of fused-ring (bicyclic) bond motifs is 1. The summed E-state index contributed by atoms with van der Waals surface area (Å²) in [6, 6.07) is 4.07. The smallest absolute Gasteiger partial charge is 0.420 e. The molecule has 0 aliphatic carbocycles. The Morgan fingerprint density at radius 3 is 2.93 bits per heavy atom. The van der Waals surface area contributed by atoms with E-state index in [1.54, 1.807) is 0 Å². The van der Waals surface area contributed by atoms with Gasteiger partial charge in [0.15, 0.2) is 5.58 Å². The summed E-state index contributed by atoms with van der Waals surface area (Å²) in [5, 5.41) is 0. The summed E-state index contributed by atoms with van der Waals surface area (Å²) >= 11 is 0. The Labute approximate surface area is 156 Å². The molecule has 9 nitrogen and oxygen atoms in total. The second-order valence-electron chi connectivity index (χ2n) is 6.29. The van der Waals surface area contributed by atoms with Crippen molar-refractivity contribution in [2.45, 2.75) is 43.7 Å². The highest BCUT2D eigenvalue weighted by Crippen LogP contribution is 2.19. The lowest BCUT2D eigenvalue weighted by molar-refractivity contribution is -0.144. The maximum Gasteiger partial charge on any atom is 0.420 e. The quantitative estimate of drug-likeness (QED) is 0.659. The van der Waals surface area contributed by atoms with E-state index < -0.39 is 21.7 Å². The Morgan fingerprint density at radius 2 is 2.22 bits per heavy atom. The van der Waals surface area contributed by atoms with Crippen LogP contribution in [0.1, 0.15) is 26.2 Å². The summed E-state index contributed by atoms with van der Waals surface area (Å²) in [5.74, 6) is -1.31. The molecule has 2 heterocycles. The Morgan fingerprint density at radius 1 is 1.41 bits per heavy atom. The average molecular weight is 398 g/mol. The molecule has 1 unspecified atom stereocenters. The van der Waals surface area contributed by atoms with Crippen molar-refractivity contribution in [1.82, 2.24) is 9.29 Å². The minimum atomic E-state index is -3.77. The van der Waals surface area contributed by atoms with Gasteiger partial charge in [0.05, 0.1) is 23.1 Å². The van der Waals surface area contributed by atoms with Gasteiger partial charge in [-0.3, -0.25) is 9.36 Å². The molecule has 148 valence electrons. The van der Waals surface area contributed by atoms with Crippen molar-refractivity contribution in [1.29, 1.82) is 0 Å². The van der Waals surface area contributed by atoms with Crippen LogP contribution in [0, 0.1) is 0 Å². The minimum absolute atomic E-state index is 0.0255. The van der Waals surface area contributed by atoms with Crippen molar-refractivity contribution in [3.8, 4) is 0 Å². The number of carbonyl (C=O) groups is 1. The van der Waals surface area contributed by atoms with E-state index in [0.29, 0.717) is 18.5 Å². The molecule has 0 saturated carbocycles. The molecule has 0 bridgehead atoms. The second kappa shape index (κ2) is 8.24. The number of rotatable bonds is 8. The molecule has 1 atom stereocenters. The lowest BCUT2D eigenvalue weighted by Crippen LogP contribution is -2.31. The molecule has 3 rings (SSSR count). The Balaban J connectivity index is 1.79. The third kappa shape index (κ3) is 4.57. The molecule has 0 spiro atoms. The van der Waals surface area contributed by atoms with Crippen molar-refractivity contribution in [3.05, 3.63) is 28.7 Å². The molecule has 1 N–H and O–H groups in total. The van der Waals surface area contributed by atoms with Gasteiger partial charge in [-0.15, -0.1) is 0 Å². The molecule has 0 radical (unpaired) electrons. The molecule has 2 aromatic rings. The van der Waals surface area contributed by atoms with Gasteiger partial charge in [-0.25, -0.2) is 17.9 Å². The molecule has 1 aromatic heterocycles. The number of benzene rings is 1. The number of hydrogen-bond donors (Lipinski definition) is 1. The van der Waals surface area contributed by atoms with Gasteiger partial charge in [0.2, 0.25) is 10.0 Å². The van der Waals surface area contributed by atoms with E-state index in [9.17, 15) is 18.0 Å². The van der Waals surface area contributed by atoms with Gasteiger partial charge in [-0.2, -0.15) is 0 Å². The topological polar surface area (TPSA) is 117 Å². The highest BCUT2D eigenvalue weighted by Gasteiger charge is 2.22. The van der Waals surface area contributed by atoms with Crippen molar-refractivity contribution in [2.24, 2.45) is 0 Å². The normalized spacial score (nSPS) is 17.4. The summed E-state index contributed by atoms with van der Waals surface area (Å²) in [5.41, 5.74) is 0.412. The Kier molecular flexibility index (Phi) is 5.98. The lowest BCUT2D eigenvalue weighted by atomic mass is 10.2. The third-order valence-electron chi connectivity index (χ3n) is 4.23. The fraction of sp³-hybridized carbons (Fsp3) is 0.529. The summed E-state index contributed by atoms with van der Waals surface area (Å²) in [6.45, 7) is 2.66. The lowest BCUT2D eigenvalue weighted by Gasteiger charge is -2.11. The molecule has 0 amide bonds. The van der Waals surface area contributed by atoms with Crippen LogP contribution < -0.4 is 10.5 Å². The predicted octanol–water partition coefficient (Wildman–Crippen LogP) is 1.01. The molecular formula is C17H22N2O7S. The van der Waals surface area contributed by atoms with Gasteiger partial charge >= 0.3 is 11.7 Å². The zero-order valence-corrected chi connectivity index (χ0v) is 15.8. The van der Waals surface area contributed by atoms with Gasteiger partial charge in [-0.1, -0.05) is 6.92 Å². The molecule has 1 aromatic carbocycles. The number of ether oxygens (including phenoxy) is 2. The molecule has 1 saturated heterocycles. The number of nitrogens with zero attached hydrogens (tertiary/aromatic N) is 1. The van der Waals surface area contributed by atoms with Gasteiger partial charge < -0.3 is 13.9 Å². The monoisotopic (exact) mass is 398 g/mol. The van der Waals surface area contributed by atoms with Gasteiger partial charge in [-0.05, 0) is 31.4 Å². The number of esters is 1. The van der Waals surface area contributed by atoms with Crippen LogP contribution in [0.2, 0.25) is 0 Å². The fourth-order valence-corrected chi connectivity index (χ4v) is 3.93. The molecule has 27 heavy (non-hydrogen) atoms. The fourth-order valence-electron chi connectivity index (χ4n) is 2.85. The number of carbonyl (C=O) groups excluding carboxylic acids is 1. The average Bonchev–Trinajstić information content (AvgIpc) is 3.26. The van der Waals surface area contributed by atoms with Crippen molar-refractivity contribution in [3.63, 3.8) is 0 Å². The number of sulfonamides is 1. The van der Waals surface area contributed by atoms with E-state index in [4.69, 9.17) is 13.9 Å². The summed E-state index contributed by atoms with van der Waals surface area (Å²) in [6.07, 6.45) is 2.27. The van der Waals surface area contributed by atoms with E-state index in [0.717, 1.165) is 17.4 Å². The van der Waals surface area contributed by atoms with Crippen LogP contribution in [0.5, 0.6) is 0 Å². The number of nitrogens with one attached hydrogen (secondary N) is 1. The molecule has 1 aliphatic rings. The van der Waals surface area contributed by atoms with E-state index in [-0.39, 0.29) is 36.3 Å². The number of oxazole rings is 1. The zero-order valence-electron chi connectivity index (χ0n) is 15.0. The van der Waals surface area contributed by atoms with Crippen LogP contribution in [0.15, 0.2) is 32.3 Å². The first kappa shape index (κ1) is 19.6. The van der Waals surface area contributed by atoms with Crippen LogP contribution >= 0.6 is 0 Å². The number of aromatic nitrogens is 1. The predicted molar refractivity (Wildman–Crippen MR) is 95.9 cm³/mol. The summed E-state index contributed by atoms with van der Waals surface area (Å²) < 4.78 is 44.0. The van der Waals surface area contributed by atoms with Gasteiger partial charge in [0.1, 0.15) is 6.54 Å². The van der Waals surface area contributed by atoms with Gasteiger partial charge in [0.25, 0.3) is 0 Å². The second-order valence-corrected chi connectivity index (χ2v) is 8.06. The first-order valence-corrected chi connectivity index (χ1v) is 10.3. The van der Waals surface area contributed by atoms with Crippen LogP contribution in [0.3, 0.4) is 0 Å². The molecular weight excluding hydrogens is 376 g/mol. The highest BCUT2D eigenvalue weighted by molar-refractivity contribution is 7.89. The Bertz CT molecular complexity index is 971. The van der Waals surface area contributed by atoms with Crippen molar-refractivity contribution < 1.29 is 27.1 Å². The van der Waals surface area contributed by atoms with Crippen LogP contribution in [0.4, 0.5) is 0 Å². The molecule has 1 aliphatic heterocycles. The van der Waals surface area contributed by atoms with Crippen LogP contribution in [0.25, 0.3) is 11.1 Å². The minimum Gasteiger partial charge on any atom is -0.464 e. The van der Waals surface area contributed by atoms with Crippen LogP contribution in [-0.4, -0.2) is 44.8 Å². The number of hydrogen-bond acceptors (Lipinski definition) is 7. The van der Waals surface area contributed by atoms with E-state index in [1.165, 1.54) is 18.2 Å². The van der Waals surface area contributed by atoms with E-state index in [1.807, 2.05) is 6.92 Å². The van der Waals surface area contributed by atoms with Crippen molar-refractivity contribution >= 4 is 27.1 Å². The largest absolute Gasteiger partial charge is 0.464 e. The molecule has 10 heteroatoms. The Hall–Kier alpha value is -2.17. The summed E-state index contributed by atoms with van der Waals surface area (Å²) in [4.78, 5) is 23.8. The van der Waals surface area contributed by atoms with E-state index >= 15 is 0 Å². The maximum absolute atomic E-state index is 12.5. The van der Waals surface area contributed by atoms with Crippen molar-refractivity contribution in [2.75, 3.05) is 19.8 Å². The SMILES string of the molecule is CCCOC(=O)Cn1c(=O)oc2cc(S(=O)(=O)NCC3CCCO3)ccc21. The molecule has 1 fully saturated rings. The highest BCUT2D eigenvalue weighted by atomic mass is 32.2. The first-order valence-electron chi connectivity index (χ1n) is 8.81. The first-order chi connectivity index (χ1) is 12.9. The third-order valence-corrected chi connectivity index (χ3v) is 5.65. The van der Waals surface area contributed by atoms with Gasteiger partial charge in [0, 0.05) is 19.2 Å².